The Hall–Kier alpha value is -13.9. The first kappa shape index (κ1) is 94.7. The number of carbonyl (C=O) groups excluding carboxylic acids is 6. The highest BCUT2D eigenvalue weighted by atomic mass is 19.4. The number of halogens is 9. The molecule has 0 aliphatic carbocycles. The number of H-pyrrole nitrogens is 2. The molecule has 131 heavy (non-hydrogen) atoms. The second-order valence-electron chi connectivity index (χ2n) is 32.0. The molecule has 0 unspecified atom stereocenters. The smallest absolute Gasteiger partial charge is 0.416 e. The van der Waals surface area contributed by atoms with Gasteiger partial charge in [0.05, 0.1) is 52.0 Å². The number of rotatable bonds is 22. The summed E-state index contributed by atoms with van der Waals surface area (Å²) in [6.07, 6.45) is -6.82. The number of hydrogen-bond acceptors (Lipinski definition) is 17. The number of aromatic nitrogens is 2. The summed E-state index contributed by atoms with van der Waals surface area (Å²) in [4.78, 5) is 101. The SMILES string of the molecule is CCN1CCN(Cc2ccc(C(=O)Nc3cccc(Nc4ccc5c(c4)NC(=O)/C5=C\c4ccc[nH]4)c3)cc2C(F)(F)F)CC1.CCN1CCN(Cc2ccc(C(=O)Nc3cccc(Nc4ccc5c(c4)NC(=O)C5)c3)cc2C(F)(F)F)CC1.CCN1CCN(Cc2ccc(C(=O)O)cc2C(F)(F)F)CC1.Nc1cccc(Nc2ccc3c(c2)NC(=O)C3)c1.O=Cc1ccc[nH]1. The molecule has 25 nitrogen and oxygen atoms in total. The number of aromatic amines is 2. The van der Waals surface area contributed by atoms with Crippen LogP contribution in [0.15, 0.2) is 219 Å². The van der Waals surface area contributed by atoms with Gasteiger partial charge in [-0.05, 0) is 205 Å². The van der Waals surface area contributed by atoms with Crippen molar-refractivity contribution in [3.05, 3.63) is 297 Å². The molecule has 5 amide bonds. The molecule has 0 spiro atoms. The number of amides is 5. The van der Waals surface area contributed by atoms with E-state index in [2.05, 4.69) is 88.0 Å². The Morgan fingerprint density at radius 2 is 0.756 bits per heavy atom. The molecule has 0 radical (unpaired) electrons. The third-order valence-electron chi connectivity index (χ3n) is 22.9. The van der Waals surface area contributed by atoms with E-state index in [9.17, 15) is 73.1 Å². The molecule has 6 aliphatic heterocycles. The molecule has 11 aromatic rings. The average Bonchev–Trinajstić information content (AvgIpc) is 1.68. The zero-order valence-corrected chi connectivity index (χ0v) is 72.0. The molecule has 9 aromatic carbocycles. The summed E-state index contributed by atoms with van der Waals surface area (Å²) in [7, 11) is 0. The molecular formula is C97H100F9N17O8. The van der Waals surface area contributed by atoms with E-state index in [0.717, 1.165) is 140 Å². The maximum absolute atomic E-state index is 14.1. The number of nitrogens with zero attached hydrogens (tertiary/aromatic N) is 6. The molecule has 34 heteroatoms. The van der Waals surface area contributed by atoms with Crippen molar-refractivity contribution in [3.63, 3.8) is 0 Å². The number of aromatic carboxylic acids is 1. The maximum atomic E-state index is 14.1. The predicted molar refractivity (Wildman–Crippen MR) is 490 cm³/mol. The van der Waals surface area contributed by atoms with Crippen LogP contribution in [0.2, 0.25) is 0 Å². The van der Waals surface area contributed by atoms with Gasteiger partial charge >= 0.3 is 24.5 Å². The Labute approximate surface area is 750 Å². The van der Waals surface area contributed by atoms with E-state index in [4.69, 9.17) is 10.8 Å². The number of nitrogens with one attached hydrogen (secondary N) is 10. The first-order valence-electron chi connectivity index (χ1n) is 42.7. The highest BCUT2D eigenvalue weighted by Gasteiger charge is 2.38. The molecule has 3 saturated heterocycles. The number of carboxylic acid groups (broad SMARTS) is 1. The number of aldehydes is 1. The number of carboxylic acids is 1. The lowest BCUT2D eigenvalue weighted by molar-refractivity contribution is -0.139. The van der Waals surface area contributed by atoms with E-state index in [-0.39, 0.29) is 70.7 Å². The van der Waals surface area contributed by atoms with Crippen LogP contribution < -0.4 is 48.3 Å². The zero-order chi connectivity index (χ0) is 93.1. The molecule has 0 atom stereocenters. The summed E-state index contributed by atoms with van der Waals surface area (Å²) in [5.41, 5.74) is 16.5. The van der Waals surface area contributed by atoms with Crippen molar-refractivity contribution < 1.29 is 78.2 Å². The van der Waals surface area contributed by atoms with Crippen molar-refractivity contribution in [2.45, 2.75) is 71.8 Å². The van der Waals surface area contributed by atoms with Gasteiger partial charge in [-0.1, -0.05) is 75.4 Å². The second-order valence-corrected chi connectivity index (χ2v) is 32.0. The molecule has 3 fully saturated rings. The van der Waals surface area contributed by atoms with E-state index >= 15 is 0 Å². The van der Waals surface area contributed by atoms with Crippen LogP contribution in [0.3, 0.4) is 0 Å². The molecule has 8 heterocycles. The number of hydrogen-bond donors (Lipinski definition) is 12. The summed E-state index contributed by atoms with van der Waals surface area (Å²) in [6, 6.07) is 56.3. The quantitative estimate of drug-likeness (QED) is 0.0130. The van der Waals surface area contributed by atoms with Gasteiger partial charge in [0, 0.05) is 196 Å². The van der Waals surface area contributed by atoms with E-state index in [1.807, 2.05) is 106 Å². The minimum atomic E-state index is -4.59. The lowest BCUT2D eigenvalue weighted by Crippen LogP contribution is -2.45. The van der Waals surface area contributed by atoms with Crippen molar-refractivity contribution >= 4 is 122 Å². The fourth-order valence-corrected chi connectivity index (χ4v) is 15.7. The first-order chi connectivity index (χ1) is 62.8. The predicted octanol–water partition coefficient (Wildman–Crippen LogP) is 17.9. The number of carbonyl (C=O) groups is 7. The van der Waals surface area contributed by atoms with Gasteiger partial charge in [0.1, 0.15) is 0 Å². The van der Waals surface area contributed by atoms with Crippen molar-refractivity contribution in [3.8, 4) is 0 Å². The van der Waals surface area contributed by atoms with Gasteiger partial charge in [-0.15, -0.1) is 0 Å². The summed E-state index contributed by atoms with van der Waals surface area (Å²) in [6.45, 7) is 18.8. The average molecular weight is 1800 g/mol. The number of piperazine rings is 3. The summed E-state index contributed by atoms with van der Waals surface area (Å²) >= 11 is 0. The van der Waals surface area contributed by atoms with Crippen LogP contribution >= 0.6 is 0 Å². The first-order valence-corrected chi connectivity index (χ1v) is 42.7. The molecule has 684 valence electrons. The minimum absolute atomic E-state index is 0.0473. The van der Waals surface area contributed by atoms with E-state index in [0.29, 0.717) is 97.5 Å². The van der Waals surface area contributed by atoms with Crippen LogP contribution in [0, 0.1) is 0 Å². The highest BCUT2D eigenvalue weighted by Crippen LogP contribution is 2.40. The number of nitrogens with two attached hydrogens (primary N) is 1. The van der Waals surface area contributed by atoms with Crippen LogP contribution in [0.5, 0.6) is 0 Å². The highest BCUT2D eigenvalue weighted by molar-refractivity contribution is 6.35. The summed E-state index contributed by atoms with van der Waals surface area (Å²) < 4.78 is 124. The zero-order valence-electron chi connectivity index (χ0n) is 72.0. The van der Waals surface area contributed by atoms with Gasteiger partial charge in [0.15, 0.2) is 6.29 Å². The van der Waals surface area contributed by atoms with Crippen LogP contribution in [-0.4, -0.2) is 184 Å². The largest absolute Gasteiger partial charge is 0.478 e. The second kappa shape index (κ2) is 43.0. The van der Waals surface area contributed by atoms with Gasteiger partial charge in [-0.25, -0.2) is 4.79 Å². The fraction of sp³-hybridized carbons (Fsp3) is 0.268. The lowest BCUT2D eigenvalue weighted by atomic mass is 10.0. The Bertz CT molecular complexity index is 5920. The van der Waals surface area contributed by atoms with Crippen molar-refractivity contribution in [1.82, 2.24) is 39.4 Å². The molecule has 6 aliphatic rings. The third kappa shape index (κ3) is 26.2. The third-order valence-corrected chi connectivity index (χ3v) is 22.9. The van der Waals surface area contributed by atoms with E-state index in [1.54, 1.807) is 79.1 Å². The van der Waals surface area contributed by atoms with Crippen LogP contribution in [0.25, 0.3) is 11.6 Å². The van der Waals surface area contributed by atoms with E-state index in [1.165, 1.54) is 36.4 Å². The van der Waals surface area contributed by atoms with Gasteiger partial charge in [0.2, 0.25) is 11.8 Å². The number of nitrogen functional groups attached to an aromatic ring is 1. The van der Waals surface area contributed by atoms with Crippen LogP contribution in [0.1, 0.15) is 118 Å². The number of alkyl halides is 9. The Morgan fingerprint density at radius 3 is 1.13 bits per heavy atom. The fourth-order valence-electron chi connectivity index (χ4n) is 15.7. The summed E-state index contributed by atoms with van der Waals surface area (Å²) in [5, 5.41) is 32.5. The van der Waals surface area contributed by atoms with Crippen LogP contribution in [-0.2, 0) is 65.4 Å². The minimum Gasteiger partial charge on any atom is -0.478 e. The van der Waals surface area contributed by atoms with E-state index < -0.39 is 53.0 Å². The van der Waals surface area contributed by atoms with Gasteiger partial charge in [-0.3, -0.25) is 43.5 Å². The van der Waals surface area contributed by atoms with Crippen molar-refractivity contribution in [1.29, 1.82) is 0 Å². The number of anilines is 12. The lowest BCUT2D eigenvalue weighted by Gasteiger charge is -2.34. The molecular weight excluding hydrogens is 1700 g/mol. The Balaban J connectivity index is 0.000000153. The number of likely N-dealkylation sites (N-methyl/N-ethyl adjacent to an activating group) is 3. The normalized spacial score (nSPS) is 15.6. The molecule has 0 bridgehead atoms. The molecule has 2 aromatic heterocycles. The molecule has 17 rings (SSSR count). The standard InChI is InChI=1S/C34H33F3N6O2.C29H30F3N5O2.C15H19F3N2O2.C14H13N3O.C5H5NO/c1-2-42-13-15-43(16-14-42)21-23-9-8-22(17-30(23)34(35,36)37)32(44)40-26-6-3-5-25(18-26)39-27-10-11-28-29(19-24-7-4-12-38-24)33(45)41-31(28)20-27;1-2-36-10-12-37(13-11-36)18-21-7-6-20(14-25(21)29(30,31)32)28(39)34-23-5-3-4-22(16-23)33-24-9-8-19-15-27(38)35-26(19)17-24;1-2-19-5-7-20(8-6-19)10-12-4-3-11(14(21)22)9-13(12)15(16,17)18;15-10-2-1-3-11(7-10)16-12-5-4-9-6-14(18)17-13(9)8-12;7-4-5-2-1-3-6-5/h3-12,17-20,38-39H,2,13-16,21H2,1H3,(H,40,44)(H,41,45);3-9,14,16-17,33H,2,10-13,15,18H2,1H3,(H,34,39)(H,35,38);3-4,9H,2,5-8,10H2,1H3,(H,21,22);1-5,7-8,16H,6,15H2,(H,17,18);1-4,6H/b29-19-;;;;. The maximum Gasteiger partial charge on any atom is 0.416 e. The molecule has 0 saturated carbocycles. The Morgan fingerprint density at radius 1 is 0.397 bits per heavy atom. The van der Waals surface area contributed by atoms with Gasteiger partial charge < -0.3 is 78.0 Å². The monoisotopic (exact) mass is 1800 g/mol. The van der Waals surface area contributed by atoms with Gasteiger partial charge in [-0.2, -0.15) is 39.5 Å². The summed E-state index contributed by atoms with van der Waals surface area (Å²) in [5.74, 6) is -2.82. The van der Waals surface area contributed by atoms with Crippen molar-refractivity contribution in [2.24, 2.45) is 0 Å². The number of benzene rings is 9. The molecule has 13 N–H and O–H groups in total. The van der Waals surface area contributed by atoms with Crippen molar-refractivity contribution in [2.75, 3.05) is 146 Å². The number of fused-ring (bicyclic) bond motifs is 3. The Kier molecular flexibility index (Phi) is 31.1. The van der Waals surface area contributed by atoms with Gasteiger partial charge in [0.25, 0.3) is 17.7 Å². The van der Waals surface area contributed by atoms with Crippen LogP contribution in [0.4, 0.5) is 108 Å². The topological polar surface area (TPSA) is 313 Å².